The van der Waals surface area contributed by atoms with Crippen molar-refractivity contribution < 1.29 is 14.3 Å². The van der Waals surface area contributed by atoms with Gasteiger partial charge >= 0.3 is 6.03 Å². The molecule has 1 N–H and O–H groups in total. The number of likely N-dealkylation sites (tertiary alicyclic amines) is 1. The number of benzene rings is 1. The second-order valence-corrected chi connectivity index (χ2v) is 16.8. The topological polar surface area (TPSA) is 87.1 Å². The fraction of sp³-hybridized carbons (Fsp3) is 0.561. The number of nitrogens with zero attached hydrogens (tertiary/aromatic N) is 4. The van der Waals surface area contributed by atoms with Crippen LogP contribution >= 0.6 is 23.2 Å². The van der Waals surface area contributed by atoms with Crippen molar-refractivity contribution in [2.45, 2.75) is 111 Å². The van der Waals surface area contributed by atoms with Crippen LogP contribution in [-0.2, 0) is 16.8 Å². The van der Waals surface area contributed by atoms with Gasteiger partial charge < -0.3 is 15.0 Å². The zero-order chi connectivity index (χ0) is 36.9. The first-order chi connectivity index (χ1) is 24.1. The molecule has 2 aliphatic carbocycles. The van der Waals surface area contributed by atoms with E-state index in [1.165, 1.54) is 12.8 Å². The maximum atomic E-state index is 14.9. The van der Waals surface area contributed by atoms with Crippen molar-refractivity contribution in [2.75, 3.05) is 19.7 Å². The van der Waals surface area contributed by atoms with Crippen molar-refractivity contribution in [3.63, 3.8) is 0 Å². The van der Waals surface area contributed by atoms with E-state index in [1.54, 1.807) is 4.90 Å². The Kier molecular flexibility index (Phi) is 12.6. The Balaban J connectivity index is 1.51. The number of ether oxygens (including phenoxy) is 1. The van der Waals surface area contributed by atoms with E-state index in [1.807, 2.05) is 60.5 Å². The van der Waals surface area contributed by atoms with Crippen LogP contribution in [0.4, 0.5) is 4.79 Å². The smallest absolute Gasteiger partial charge is 0.325 e. The lowest BCUT2D eigenvalue weighted by Gasteiger charge is -2.38. The zero-order valence-electron chi connectivity index (χ0n) is 31.3. The number of carbonyl (C=O) groups is 2. The summed E-state index contributed by atoms with van der Waals surface area (Å²) in [6.45, 7) is 16.4. The largest absolute Gasteiger partial charge is 0.493 e. The molecule has 1 unspecified atom stereocenters. The summed E-state index contributed by atoms with van der Waals surface area (Å²) in [7, 11) is 0. The average molecular weight is 737 g/mol. The number of hydrogen-bond donors (Lipinski definition) is 1. The molecule has 2 fully saturated rings. The van der Waals surface area contributed by atoms with Gasteiger partial charge in [0.05, 0.1) is 24.3 Å². The van der Waals surface area contributed by atoms with Crippen LogP contribution in [0.3, 0.4) is 0 Å². The quantitative estimate of drug-likeness (QED) is 0.184. The summed E-state index contributed by atoms with van der Waals surface area (Å²) in [6.07, 6.45) is 13.0. The van der Waals surface area contributed by atoms with Gasteiger partial charge in [0.15, 0.2) is 0 Å². The zero-order valence-corrected chi connectivity index (χ0v) is 32.9. The molecule has 1 aliphatic heterocycles. The average Bonchev–Trinajstić information content (AvgIpc) is 3.93. The van der Waals surface area contributed by atoms with E-state index in [4.69, 9.17) is 37.9 Å². The third-order valence-electron chi connectivity index (χ3n) is 10.3. The highest BCUT2D eigenvalue weighted by atomic mass is 35.5. The van der Waals surface area contributed by atoms with E-state index in [0.717, 1.165) is 30.5 Å². The third kappa shape index (κ3) is 10.4. The molecule has 51 heavy (non-hydrogen) atoms. The van der Waals surface area contributed by atoms with Gasteiger partial charge in [-0.25, -0.2) is 4.79 Å². The molecule has 10 heteroatoms. The van der Waals surface area contributed by atoms with Crippen molar-refractivity contribution in [3.05, 3.63) is 81.6 Å². The normalized spacial score (nSPS) is 19.4. The molecule has 1 aromatic carbocycles. The van der Waals surface area contributed by atoms with Gasteiger partial charge in [0.1, 0.15) is 11.6 Å². The summed E-state index contributed by atoms with van der Waals surface area (Å²) < 4.78 is 6.30. The lowest BCUT2D eigenvalue weighted by molar-refractivity contribution is -0.123. The Labute approximate surface area is 314 Å². The summed E-state index contributed by atoms with van der Waals surface area (Å²) in [5.41, 5.74) is 1.62. The maximum Gasteiger partial charge on any atom is 0.325 e. The predicted molar refractivity (Wildman–Crippen MR) is 208 cm³/mol. The Morgan fingerprint density at radius 2 is 1.76 bits per heavy atom. The van der Waals surface area contributed by atoms with Crippen molar-refractivity contribution >= 4 is 41.0 Å². The second kappa shape index (κ2) is 16.5. The van der Waals surface area contributed by atoms with Crippen molar-refractivity contribution in [1.82, 2.24) is 20.1 Å². The summed E-state index contributed by atoms with van der Waals surface area (Å²) in [5, 5.41) is 4.54. The molecule has 2 aromatic rings. The van der Waals surface area contributed by atoms with Crippen molar-refractivity contribution in [2.24, 2.45) is 22.7 Å². The minimum Gasteiger partial charge on any atom is -0.493 e. The van der Waals surface area contributed by atoms with E-state index in [2.05, 4.69) is 52.9 Å². The first kappa shape index (κ1) is 38.9. The number of amides is 3. The number of aliphatic imine (C=N–C) groups is 1. The molecule has 5 rings (SSSR count). The molecule has 0 radical (unpaired) electrons. The SMILES string of the molecule is CCOc1cc(C(C)(C)C)ncc1/C(=N/C(C)(C)C1C=CC(Cl)=CC1)N(Cc1ccc(Cl)cc1)C(=O)N1CCC(CC(=O)N[C@@H](C)C2CC2)CC1. The molecule has 3 aliphatic rings. The monoisotopic (exact) mass is 735 g/mol. The first-order valence-corrected chi connectivity index (χ1v) is 19.3. The van der Waals surface area contributed by atoms with E-state index in [0.29, 0.717) is 59.2 Å². The molecule has 1 saturated heterocycles. The van der Waals surface area contributed by atoms with Gasteiger partial charge in [-0.15, -0.1) is 0 Å². The van der Waals surface area contributed by atoms with Crippen molar-refractivity contribution in [1.29, 1.82) is 0 Å². The Morgan fingerprint density at radius 3 is 2.35 bits per heavy atom. The lowest BCUT2D eigenvalue weighted by atomic mass is 9.83. The minimum atomic E-state index is -0.622. The fourth-order valence-electron chi connectivity index (χ4n) is 6.82. The van der Waals surface area contributed by atoms with E-state index >= 15 is 0 Å². The molecule has 3 amide bonds. The summed E-state index contributed by atoms with van der Waals surface area (Å²) in [6, 6.07) is 9.64. The molecule has 0 spiro atoms. The molecule has 2 heterocycles. The number of carbonyl (C=O) groups excluding carboxylic acids is 2. The van der Waals surface area contributed by atoms with Gasteiger partial charge in [0, 0.05) is 64.9 Å². The van der Waals surface area contributed by atoms with Crippen LogP contribution < -0.4 is 10.1 Å². The van der Waals surface area contributed by atoms with Crippen LogP contribution in [0.1, 0.15) is 104 Å². The van der Waals surface area contributed by atoms with Crippen LogP contribution in [0.25, 0.3) is 0 Å². The molecular formula is C41H55Cl2N5O3. The number of allylic oxidation sites excluding steroid dienone is 3. The maximum absolute atomic E-state index is 14.9. The van der Waals surface area contributed by atoms with E-state index < -0.39 is 5.54 Å². The van der Waals surface area contributed by atoms with Crippen LogP contribution in [0, 0.1) is 17.8 Å². The van der Waals surface area contributed by atoms with Gasteiger partial charge in [0.25, 0.3) is 0 Å². The number of pyridine rings is 1. The Morgan fingerprint density at radius 1 is 1.08 bits per heavy atom. The molecule has 1 aromatic heterocycles. The number of aromatic nitrogens is 1. The van der Waals surface area contributed by atoms with Crippen LogP contribution in [-0.4, -0.2) is 63.8 Å². The third-order valence-corrected chi connectivity index (χ3v) is 10.9. The van der Waals surface area contributed by atoms with Gasteiger partial charge in [-0.05, 0) is 95.4 Å². The highest BCUT2D eigenvalue weighted by Gasteiger charge is 2.36. The molecule has 276 valence electrons. The minimum absolute atomic E-state index is 0.0457. The van der Waals surface area contributed by atoms with Gasteiger partial charge in [0.2, 0.25) is 5.91 Å². The number of nitrogens with one attached hydrogen (secondary N) is 1. The summed E-state index contributed by atoms with van der Waals surface area (Å²) in [5.74, 6) is 2.14. The first-order valence-electron chi connectivity index (χ1n) is 18.5. The molecule has 1 saturated carbocycles. The second-order valence-electron chi connectivity index (χ2n) is 16.0. The highest BCUT2D eigenvalue weighted by Crippen LogP contribution is 2.35. The van der Waals surface area contributed by atoms with Crippen LogP contribution in [0.2, 0.25) is 5.02 Å². The van der Waals surface area contributed by atoms with Gasteiger partial charge in [-0.3, -0.25) is 19.7 Å². The number of urea groups is 1. The number of rotatable bonds is 11. The lowest BCUT2D eigenvalue weighted by Crippen LogP contribution is -2.50. The summed E-state index contributed by atoms with van der Waals surface area (Å²) >= 11 is 12.6. The number of piperidine rings is 1. The van der Waals surface area contributed by atoms with E-state index in [-0.39, 0.29) is 41.8 Å². The van der Waals surface area contributed by atoms with Crippen LogP contribution in [0.5, 0.6) is 5.75 Å². The Hall–Kier alpha value is -3.36. The molecule has 2 atom stereocenters. The summed E-state index contributed by atoms with van der Waals surface area (Å²) in [4.78, 5) is 41.8. The fourth-order valence-corrected chi connectivity index (χ4v) is 7.11. The highest BCUT2D eigenvalue weighted by molar-refractivity contribution is 6.31. The predicted octanol–water partition coefficient (Wildman–Crippen LogP) is 9.29. The number of amidine groups is 1. The Bertz CT molecular complexity index is 1630. The standard InChI is InChI=1S/C41H55Cl2N5O3/c1-8-51-35-24-36(40(3,4)5)44-25-34(35)38(46-41(6,7)31-13-17-33(43)18-14-31)48(26-29-9-15-32(42)16-10-29)39(50)47-21-19-28(20-22-47)23-37(49)45-27(2)30-11-12-30/h9-10,13,15-18,24-25,27-28,30-31H,8,11-12,14,19-23,26H2,1-7H3,(H,45,49)/b46-38-/t27-,31?/m0/s1. The van der Waals surface area contributed by atoms with Gasteiger partial charge in [-0.2, -0.15) is 0 Å². The molecule has 0 bridgehead atoms. The molecule has 8 nitrogen and oxygen atoms in total. The van der Waals surface area contributed by atoms with Crippen LogP contribution in [0.15, 0.2) is 64.8 Å². The van der Waals surface area contributed by atoms with E-state index in [9.17, 15) is 9.59 Å². The number of halogens is 2. The van der Waals surface area contributed by atoms with Gasteiger partial charge in [-0.1, -0.05) is 68.3 Å². The van der Waals surface area contributed by atoms with Crippen molar-refractivity contribution in [3.8, 4) is 5.75 Å². The number of hydrogen-bond acceptors (Lipinski definition) is 5. The molecular weight excluding hydrogens is 681 g/mol.